The van der Waals surface area contributed by atoms with Crippen LogP contribution < -0.4 is 4.74 Å². The predicted molar refractivity (Wildman–Crippen MR) is 50.4 cm³/mol. The lowest BCUT2D eigenvalue weighted by molar-refractivity contribution is 0.0814. The molecule has 0 saturated carbocycles. The molecule has 1 rings (SSSR count). The fourth-order valence-electron chi connectivity index (χ4n) is 0.890. The van der Waals surface area contributed by atoms with Crippen molar-refractivity contribution in [1.29, 1.82) is 5.26 Å². The Morgan fingerprint density at radius 2 is 2.21 bits per heavy atom. The molecule has 0 bridgehead atoms. The molecule has 0 aliphatic heterocycles. The average molecular weight is 262 g/mol. The van der Waals surface area contributed by atoms with Gasteiger partial charge < -0.3 is 4.74 Å². The molecule has 0 aromatic heterocycles. The van der Waals surface area contributed by atoms with Crippen molar-refractivity contribution in [1.82, 2.24) is 0 Å². The number of alkyl halides is 2. The minimum atomic E-state index is -2.55. The molecule has 0 atom stereocenters. The summed E-state index contributed by atoms with van der Waals surface area (Å²) in [7, 11) is 0. The summed E-state index contributed by atoms with van der Waals surface area (Å²) in [5.74, 6) is 0.162. The van der Waals surface area contributed by atoms with Gasteiger partial charge in [0.1, 0.15) is 12.7 Å². The molecular weight excluding hydrogens is 256 g/mol. The lowest BCUT2D eigenvalue weighted by atomic mass is 10.2. The smallest absolute Gasteiger partial charge is 0.272 e. The normalized spacial score (nSPS) is 9.93. The van der Waals surface area contributed by atoms with Gasteiger partial charge in [-0.05, 0) is 28.1 Å². The van der Waals surface area contributed by atoms with Crippen LogP contribution in [0, 0.1) is 11.3 Å². The first-order valence-electron chi connectivity index (χ1n) is 3.74. The van der Waals surface area contributed by atoms with E-state index in [-0.39, 0.29) is 11.3 Å². The van der Waals surface area contributed by atoms with Gasteiger partial charge >= 0.3 is 0 Å². The molecule has 0 saturated heterocycles. The number of nitriles is 1. The summed E-state index contributed by atoms with van der Waals surface area (Å²) in [6.07, 6.45) is -2.55. The van der Waals surface area contributed by atoms with Crippen molar-refractivity contribution in [3.05, 3.63) is 28.2 Å². The minimum Gasteiger partial charge on any atom is -0.485 e. The van der Waals surface area contributed by atoms with Crippen molar-refractivity contribution in [3.63, 3.8) is 0 Å². The van der Waals surface area contributed by atoms with E-state index in [0.29, 0.717) is 4.47 Å². The number of hydrogen-bond acceptors (Lipinski definition) is 2. The molecular formula is C9H6BrF2NO. The average Bonchev–Trinajstić information content (AvgIpc) is 2.15. The Morgan fingerprint density at radius 1 is 1.50 bits per heavy atom. The van der Waals surface area contributed by atoms with Crippen molar-refractivity contribution in [2.24, 2.45) is 0 Å². The Balaban J connectivity index is 2.89. The van der Waals surface area contributed by atoms with Crippen LogP contribution in [-0.2, 0) is 0 Å². The van der Waals surface area contributed by atoms with E-state index >= 15 is 0 Å². The van der Waals surface area contributed by atoms with Crippen LogP contribution >= 0.6 is 15.9 Å². The van der Waals surface area contributed by atoms with Crippen LogP contribution in [0.25, 0.3) is 0 Å². The lowest BCUT2D eigenvalue weighted by Crippen LogP contribution is -2.08. The van der Waals surface area contributed by atoms with Crippen molar-refractivity contribution < 1.29 is 13.5 Å². The van der Waals surface area contributed by atoms with Gasteiger partial charge in [0.15, 0.2) is 5.75 Å². The molecule has 0 unspecified atom stereocenters. The molecule has 0 heterocycles. The number of para-hydroxylation sites is 1. The van der Waals surface area contributed by atoms with Gasteiger partial charge in [0.25, 0.3) is 6.43 Å². The first kappa shape index (κ1) is 10.9. The molecule has 74 valence electrons. The summed E-state index contributed by atoms with van der Waals surface area (Å²) in [5, 5.41) is 8.67. The SMILES string of the molecule is N#Cc1cccc(Br)c1OCC(F)F. The Bertz CT molecular complexity index is 362. The largest absolute Gasteiger partial charge is 0.485 e. The summed E-state index contributed by atoms with van der Waals surface area (Å²) < 4.78 is 29.0. The molecule has 14 heavy (non-hydrogen) atoms. The van der Waals surface area contributed by atoms with E-state index in [4.69, 9.17) is 10.00 Å². The number of rotatable bonds is 3. The van der Waals surface area contributed by atoms with Gasteiger partial charge in [-0.1, -0.05) is 6.07 Å². The van der Waals surface area contributed by atoms with E-state index in [1.165, 1.54) is 6.07 Å². The summed E-state index contributed by atoms with van der Waals surface area (Å²) >= 11 is 3.12. The molecule has 5 heteroatoms. The molecule has 0 aliphatic rings. The van der Waals surface area contributed by atoms with E-state index < -0.39 is 13.0 Å². The predicted octanol–water partition coefficient (Wildman–Crippen LogP) is 2.96. The van der Waals surface area contributed by atoms with Crippen LogP contribution in [0.15, 0.2) is 22.7 Å². The molecule has 1 aromatic rings. The van der Waals surface area contributed by atoms with E-state index in [2.05, 4.69) is 15.9 Å². The van der Waals surface area contributed by atoms with E-state index in [1.54, 1.807) is 12.1 Å². The number of ether oxygens (including phenoxy) is 1. The highest BCUT2D eigenvalue weighted by atomic mass is 79.9. The van der Waals surface area contributed by atoms with Gasteiger partial charge in [-0.15, -0.1) is 0 Å². The highest BCUT2D eigenvalue weighted by Gasteiger charge is 2.10. The number of halogens is 3. The Morgan fingerprint density at radius 3 is 2.79 bits per heavy atom. The third-order valence-electron chi connectivity index (χ3n) is 1.44. The number of nitrogens with zero attached hydrogens (tertiary/aromatic N) is 1. The van der Waals surface area contributed by atoms with Gasteiger partial charge in [-0.25, -0.2) is 8.78 Å². The molecule has 1 aromatic carbocycles. The summed E-state index contributed by atoms with van der Waals surface area (Å²) in [5.41, 5.74) is 0.236. The fraction of sp³-hybridized carbons (Fsp3) is 0.222. The Kier molecular flexibility index (Phi) is 3.84. The summed E-state index contributed by atoms with van der Waals surface area (Å²) in [6.45, 7) is -0.711. The molecule has 0 aliphatic carbocycles. The van der Waals surface area contributed by atoms with Crippen molar-refractivity contribution in [3.8, 4) is 11.8 Å². The second kappa shape index (κ2) is 4.91. The van der Waals surface area contributed by atoms with Crippen molar-refractivity contribution >= 4 is 15.9 Å². The van der Waals surface area contributed by atoms with Crippen LogP contribution in [-0.4, -0.2) is 13.0 Å². The first-order valence-corrected chi connectivity index (χ1v) is 4.54. The zero-order valence-corrected chi connectivity index (χ0v) is 8.59. The van der Waals surface area contributed by atoms with Gasteiger partial charge in [0.05, 0.1) is 10.0 Å². The monoisotopic (exact) mass is 261 g/mol. The third kappa shape index (κ3) is 2.67. The van der Waals surface area contributed by atoms with Crippen molar-refractivity contribution in [2.75, 3.05) is 6.61 Å². The van der Waals surface area contributed by atoms with Crippen LogP contribution in [0.1, 0.15) is 5.56 Å². The number of hydrogen-bond donors (Lipinski definition) is 0. The highest BCUT2D eigenvalue weighted by Crippen LogP contribution is 2.28. The molecule has 0 spiro atoms. The molecule has 0 N–H and O–H groups in total. The third-order valence-corrected chi connectivity index (χ3v) is 2.07. The van der Waals surface area contributed by atoms with Gasteiger partial charge in [0.2, 0.25) is 0 Å². The highest BCUT2D eigenvalue weighted by molar-refractivity contribution is 9.10. The molecule has 2 nitrogen and oxygen atoms in total. The van der Waals surface area contributed by atoms with Crippen LogP contribution in [0.3, 0.4) is 0 Å². The molecule has 0 radical (unpaired) electrons. The Labute approximate surface area is 88.2 Å². The lowest BCUT2D eigenvalue weighted by Gasteiger charge is -2.08. The van der Waals surface area contributed by atoms with Crippen LogP contribution in [0.4, 0.5) is 8.78 Å². The Hall–Kier alpha value is -1.15. The zero-order valence-electron chi connectivity index (χ0n) is 7.01. The molecule has 0 amide bonds. The maximum absolute atomic E-state index is 11.9. The topological polar surface area (TPSA) is 33.0 Å². The van der Waals surface area contributed by atoms with E-state index in [1.807, 2.05) is 6.07 Å². The fourth-order valence-corrected chi connectivity index (χ4v) is 1.37. The first-order chi connectivity index (χ1) is 6.65. The number of benzene rings is 1. The van der Waals surface area contributed by atoms with Crippen molar-refractivity contribution in [2.45, 2.75) is 6.43 Å². The van der Waals surface area contributed by atoms with Crippen LogP contribution in [0.5, 0.6) is 5.75 Å². The maximum atomic E-state index is 11.9. The summed E-state index contributed by atoms with van der Waals surface area (Å²) in [4.78, 5) is 0. The minimum absolute atomic E-state index is 0.162. The second-order valence-electron chi connectivity index (χ2n) is 2.43. The van der Waals surface area contributed by atoms with E-state index in [9.17, 15) is 8.78 Å². The quantitative estimate of drug-likeness (QED) is 0.838. The standard InChI is InChI=1S/C9H6BrF2NO/c10-7-3-1-2-6(4-13)9(7)14-5-8(11)12/h1-3,8H,5H2. The van der Waals surface area contributed by atoms with Crippen LogP contribution in [0.2, 0.25) is 0 Å². The molecule has 0 fully saturated rings. The maximum Gasteiger partial charge on any atom is 0.272 e. The van der Waals surface area contributed by atoms with E-state index in [0.717, 1.165) is 0 Å². The van der Waals surface area contributed by atoms with Gasteiger partial charge in [-0.2, -0.15) is 5.26 Å². The summed E-state index contributed by atoms with van der Waals surface area (Å²) in [6, 6.07) is 6.63. The van der Waals surface area contributed by atoms with Gasteiger partial charge in [-0.3, -0.25) is 0 Å². The zero-order chi connectivity index (χ0) is 10.6. The van der Waals surface area contributed by atoms with Gasteiger partial charge in [0, 0.05) is 0 Å². The second-order valence-corrected chi connectivity index (χ2v) is 3.28.